The highest BCUT2D eigenvalue weighted by Gasteiger charge is 2.17. The van der Waals surface area contributed by atoms with Gasteiger partial charge in [0.2, 0.25) is 0 Å². The van der Waals surface area contributed by atoms with Crippen LogP contribution in [-0.2, 0) is 6.54 Å². The highest BCUT2D eigenvalue weighted by molar-refractivity contribution is 5.88. The first kappa shape index (κ1) is 13.2. The van der Waals surface area contributed by atoms with Crippen LogP contribution >= 0.6 is 0 Å². The molecule has 0 amide bonds. The molecular weight excluding hydrogens is 278 g/mol. The molecule has 0 aliphatic carbocycles. The maximum absolute atomic E-state index is 13.7. The zero-order valence-corrected chi connectivity index (χ0v) is 10.8. The summed E-state index contributed by atoms with van der Waals surface area (Å²) in [6.07, 6.45) is 1.59. The Morgan fingerprint density at radius 3 is 2.38 bits per heavy atom. The molecule has 0 aliphatic rings. The molecule has 4 nitrogen and oxygen atoms in total. The van der Waals surface area contributed by atoms with Crippen molar-refractivity contribution in [1.82, 2.24) is 4.57 Å². The fraction of sp³-hybridized carbons (Fsp3) is 0.0667. The summed E-state index contributed by atoms with van der Waals surface area (Å²) in [5.41, 5.74) is 0.146. The van der Waals surface area contributed by atoms with E-state index in [0.717, 1.165) is 0 Å². The van der Waals surface area contributed by atoms with Crippen LogP contribution in [0.4, 0.5) is 14.5 Å². The summed E-state index contributed by atoms with van der Waals surface area (Å²) in [7, 11) is 0. The standard InChI is InChI=1S/C15H10F2N2O2/c16-12-4-2-5-13(17)11(12)9-18-8-7-10-3-1-6-14(15(10)18)19(20)21/h1-8H,9H2. The second kappa shape index (κ2) is 4.97. The molecule has 0 saturated heterocycles. The predicted octanol–water partition coefficient (Wildman–Crippen LogP) is 3.88. The summed E-state index contributed by atoms with van der Waals surface area (Å²) in [4.78, 5) is 10.6. The number of fused-ring (bicyclic) bond motifs is 1. The Morgan fingerprint density at radius 1 is 1.05 bits per heavy atom. The van der Waals surface area contributed by atoms with Crippen LogP contribution in [0.15, 0.2) is 48.7 Å². The lowest BCUT2D eigenvalue weighted by Gasteiger charge is -2.08. The number of benzene rings is 2. The van der Waals surface area contributed by atoms with Crippen LogP contribution < -0.4 is 0 Å². The van der Waals surface area contributed by atoms with Crippen molar-refractivity contribution in [3.05, 3.63) is 76.0 Å². The van der Waals surface area contributed by atoms with Gasteiger partial charge in [-0.15, -0.1) is 0 Å². The number of nitro groups is 1. The van der Waals surface area contributed by atoms with E-state index in [1.807, 2.05) is 0 Å². The number of rotatable bonds is 3. The lowest BCUT2D eigenvalue weighted by molar-refractivity contribution is -0.383. The highest BCUT2D eigenvalue weighted by Crippen LogP contribution is 2.27. The smallest absolute Gasteiger partial charge is 0.293 e. The molecule has 0 bridgehead atoms. The average Bonchev–Trinajstić information content (AvgIpc) is 2.86. The van der Waals surface area contributed by atoms with E-state index in [-0.39, 0.29) is 17.8 Å². The SMILES string of the molecule is O=[N+]([O-])c1cccc2ccn(Cc3c(F)cccc3F)c12. The van der Waals surface area contributed by atoms with Crippen LogP contribution in [0.3, 0.4) is 0 Å². The lowest BCUT2D eigenvalue weighted by Crippen LogP contribution is -2.04. The third-order valence-electron chi connectivity index (χ3n) is 3.35. The summed E-state index contributed by atoms with van der Waals surface area (Å²) in [5.74, 6) is -1.34. The van der Waals surface area contributed by atoms with Crippen molar-refractivity contribution >= 4 is 16.6 Å². The predicted molar refractivity (Wildman–Crippen MR) is 74.1 cm³/mol. The van der Waals surface area contributed by atoms with Crippen LogP contribution in [0.1, 0.15) is 5.56 Å². The number of hydrogen-bond acceptors (Lipinski definition) is 2. The second-order valence-electron chi connectivity index (χ2n) is 4.62. The van der Waals surface area contributed by atoms with Crippen LogP contribution in [0.5, 0.6) is 0 Å². The summed E-state index contributed by atoms with van der Waals surface area (Å²) < 4.78 is 28.9. The number of nitrogens with zero attached hydrogens (tertiary/aromatic N) is 2. The fourth-order valence-electron chi connectivity index (χ4n) is 2.37. The Bertz CT molecular complexity index is 823. The quantitative estimate of drug-likeness (QED) is 0.542. The first-order valence-electron chi connectivity index (χ1n) is 6.23. The number of halogens is 2. The van der Waals surface area contributed by atoms with E-state index in [9.17, 15) is 18.9 Å². The molecule has 0 spiro atoms. The van der Waals surface area contributed by atoms with E-state index in [0.29, 0.717) is 10.9 Å². The summed E-state index contributed by atoms with van der Waals surface area (Å²) in [5, 5.41) is 11.7. The summed E-state index contributed by atoms with van der Waals surface area (Å²) in [6.45, 7) is -0.104. The van der Waals surface area contributed by atoms with E-state index in [2.05, 4.69) is 0 Å². The van der Waals surface area contributed by atoms with Gasteiger partial charge in [0.1, 0.15) is 17.2 Å². The molecule has 1 aromatic heterocycles. The maximum Gasteiger partial charge on any atom is 0.293 e. The second-order valence-corrected chi connectivity index (χ2v) is 4.62. The lowest BCUT2D eigenvalue weighted by atomic mass is 10.2. The number of non-ortho nitro benzene ring substituents is 1. The third kappa shape index (κ3) is 2.24. The molecule has 0 fully saturated rings. The molecule has 106 valence electrons. The van der Waals surface area contributed by atoms with Crippen LogP contribution in [0.2, 0.25) is 0 Å². The monoisotopic (exact) mass is 288 g/mol. The van der Waals surface area contributed by atoms with Crippen molar-refractivity contribution in [2.45, 2.75) is 6.54 Å². The fourth-order valence-corrected chi connectivity index (χ4v) is 2.37. The Balaban J connectivity index is 2.16. The molecule has 6 heteroatoms. The topological polar surface area (TPSA) is 48.1 Å². The van der Waals surface area contributed by atoms with E-state index < -0.39 is 16.6 Å². The Labute approximate surface area is 118 Å². The normalized spacial score (nSPS) is 11.0. The molecule has 0 saturated carbocycles. The van der Waals surface area contributed by atoms with Gasteiger partial charge in [0.05, 0.1) is 11.5 Å². The zero-order chi connectivity index (χ0) is 15.0. The Kier molecular flexibility index (Phi) is 3.13. The maximum atomic E-state index is 13.7. The molecule has 2 aromatic carbocycles. The Morgan fingerprint density at radius 2 is 1.71 bits per heavy atom. The van der Waals surface area contributed by atoms with Gasteiger partial charge in [0.15, 0.2) is 0 Å². The van der Waals surface area contributed by atoms with Gasteiger partial charge < -0.3 is 4.57 Å². The molecule has 1 heterocycles. The number of hydrogen-bond donors (Lipinski definition) is 0. The first-order valence-corrected chi connectivity index (χ1v) is 6.23. The zero-order valence-electron chi connectivity index (χ0n) is 10.8. The third-order valence-corrected chi connectivity index (χ3v) is 3.35. The molecule has 0 atom stereocenters. The molecule has 0 N–H and O–H groups in total. The molecule has 0 unspecified atom stereocenters. The van der Waals surface area contributed by atoms with Gasteiger partial charge in [-0.3, -0.25) is 10.1 Å². The van der Waals surface area contributed by atoms with Gasteiger partial charge in [-0.1, -0.05) is 18.2 Å². The minimum atomic E-state index is -0.671. The highest BCUT2D eigenvalue weighted by atomic mass is 19.1. The van der Waals surface area contributed by atoms with E-state index in [1.165, 1.54) is 28.8 Å². The van der Waals surface area contributed by atoms with Crippen molar-refractivity contribution in [3.63, 3.8) is 0 Å². The minimum Gasteiger partial charge on any atom is -0.337 e. The number of nitro benzene ring substituents is 1. The van der Waals surface area contributed by atoms with Crippen LogP contribution in [0.25, 0.3) is 10.9 Å². The average molecular weight is 288 g/mol. The van der Waals surface area contributed by atoms with Crippen molar-refractivity contribution in [2.24, 2.45) is 0 Å². The summed E-state index contributed by atoms with van der Waals surface area (Å²) >= 11 is 0. The van der Waals surface area contributed by atoms with Crippen LogP contribution in [-0.4, -0.2) is 9.49 Å². The van der Waals surface area contributed by atoms with Gasteiger partial charge in [0.25, 0.3) is 5.69 Å². The van der Waals surface area contributed by atoms with Gasteiger partial charge in [0, 0.05) is 23.2 Å². The van der Waals surface area contributed by atoms with Gasteiger partial charge in [-0.05, 0) is 18.2 Å². The number of para-hydroxylation sites is 1. The minimum absolute atomic E-state index is 0.0887. The number of aromatic nitrogens is 1. The Hall–Kier alpha value is -2.76. The molecule has 3 aromatic rings. The van der Waals surface area contributed by atoms with Crippen molar-refractivity contribution in [3.8, 4) is 0 Å². The molecule has 0 radical (unpaired) electrons. The molecule has 21 heavy (non-hydrogen) atoms. The molecule has 3 rings (SSSR count). The molecule has 0 aliphatic heterocycles. The van der Waals surface area contributed by atoms with Crippen molar-refractivity contribution in [1.29, 1.82) is 0 Å². The van der Waals surface area contributed by atoms with E-state index in [1.54, 1.807) is 24.4 Å². The summed E-state index contributed by atoms with van der Waals surface area (Å²) in [6, 6.07) is 9.96. The van der Waals surface area contributed by atoms with E-state index in [4.69, 9.17) is 0 Å². The van der Waals surface area contributed by atoms with Crippen LogP contribution in [0, 0.1) is 21.7 Å². The van der Waals surface area contributed by atoms with Gasteiger partial charge in [-0.25, -0.2) is 8.78 Å². The largest absolute Gasteiger partial charge is 0.337 e. The van der Waals surface area contributed by atoms with Crippen molar-refractivity contribution in [2.75, 3.05) is 0 Å². The first-order chi connectivity index (χ1) is 10.1. The van der Waals surface area contributed by atoms with Gasteiger partial charge >= 0.3 is 0 Å². The van der Waals surface area contributed by atoms with Gasteiger partial charge in [-0.2, -0.15) is 0 Å². The van der Waals surface area contributed by atoms with Crippen molar-refractivity contribution < 1.29 is 13.7 Å². The van der Waals surface area contributed by atoms with E-state index >= 15 is 0 Å². The molecular formula is C15H10F2N2O2.